The molecule has 0 radical (unpaired) electrons. The standard InChI is InChI=1S/C22H26N4O6S/c1-5-26(6-2)33(29,30)16-9-7-15(8-10-16)24-21(27)13-25-14-23-18-12-20(32-4)19(31-3)11-17(18)22(25)28/h7-12,14H,5-6,13H2,1-4H3,(H,24,27). The molecule has 0 aliphatic rings. The fourth-order valence-electron chi connectivity index (χ4n) is 3.38. The van der Waals surface area contributed by atoms with Gasteiger partial charge in [-0.3, -0.25) is 14.2 Å². The Morgan fingerprint density at radius 2 is 1.67 bits per heavy atom. The largest absolute Gasteiger partial charge is 0.493 e. The SMILES string of the molecule is CCN(CC)S(=O)(=O)c1ccc(NC(=O)Cn2cnc3cc(OC)c(OC)cc3c2=O)cc1. The van der Waals surface area contributed by atoms with E-state index in [1.165, 1.54) is 59.8 Å². The monoisotopic (exact) mass is 474 g/mol. The molecule has 1 N–H and O–H groups in total. The van der Waals surface area contributed by atoms with Crippen LogP contribution >= 0.6 is 0 Å². The Hall–Kier alpha value is -3.44. The molecule has 0 spiro atoms. The molecule has 3 rings (SSSR count). The molecular formula is C22H26N4O6S. The van der Waals surface area contributed by atoms with Crippen molar-refractivity contribution in [2.45, 2.75) is 25.3 Å². The van der Waals surface area contributed by atoms with Crippen LogP contribution in [-0.4, -0.2) is 55.5 Å². The van der Waals surface area contributed by atoms with Gasteiger partial charge in [0.2, 0.25) is 15.9 Å². The van der Waals surface area contributed by atoms with Crippen molar-refractivity contribution in [1.29, 1.82) is 0 Å². The highest BCUT2D eigenvalue weighted by Crippen LogP contribution is 2.29. The fourth-order valence-corrected chi connectivity index (χ4v) is 4.83. The first kappa shape index (κ1) is 24.2. The number of anilines is 1. The average Bonchev–Trinajstić information content (AvgIpc) is 2.81. The number of fused-ring (bicyclic) bond motifs is 1. The summed E-state index contributed by atoms with van der Waals surface area (Å²) in [5, 5.41) is 2.95. The number of carbonyl (C=O) groups is 1. The van der Waals surface area contributed by atoms with Crippen molar-refractivity contribution >= 4 is 32.5 Å². The van der Waals surface area contributed by atoms with Gasteiger partial charge in [-0.05, 0) is 30.3 Å². The van der Waals surface area contributed by atoms with Crippen LogP contribution in [0.3, 0.4) is 0 Å². The van der Waals surface area contributed by atoms with Gasteiger partial charge in [0, 0.05) is 24.8 Å². The van der Waals surface area contributed by atoms with E-state index in [-0.39, 0.29) is 16.8 Å². The maximum atomic E-state index is 12.8. The summed E-state index contributed by atoms with van der Waals surface area (Å²) in [7, 11) is -0.635. The molecule has 3 aromatic rings. The van der Waals surface area contributed by atoms with Crippen LogP contribution < -0.4 is 20.3 Å². The van der Waals surface area contributed by atoms with Gasteiger partial charge >= 0.3 is 0 Å². The maximum absolute atomic E-state index is 12.8. The lowest BCUT2D eigenvalue weighted by atomic mass is 10.2. The van der Waals surface area contributed by atoms with Crippen LogP contribution in [0.1, 0.15) is 13.8 Å². The molecule has 0 saturated heterocycles. The van der Waals surface area contributed by atoms with Crippen molar-refractivity contribution in [2.24, 2.45) is 0 Å². The van der Waals surface area contributed by atoms with Gasteiger partial charge in [0.1, 0.15) is 6.54 Å². The Balaban J connectivity index is 1.78. The van der Waals surface area contributed by atoms with Crippen molar-refractivity contribution in [2.75, 3.05) is 32.6 Å². The number of rotatable bonds is 9. The third kappa shape index (κ3) is 4.99. The number of methoxy groups -OCH3 is 2. The van der Waals surface area contributed by atoms with Gasteiger partial charge in [-0.1, -0.05) is 13.8 Å². The van der Waals surface area contributed by atoms with Crippen molar-refractivity contribution < 1.29 is 22.7 Å². The minimum atomic E-state index is -3.58. The smallest absolute Gasteiger partial charge is 0.261 e. The number of nitrogens with one attached hydrogen (secondary N) is 1. The third-order valence-corrected chi connectivity index (χ3v) is 7.19. The van der Waals surface area contributed by atoms with E-state index in [0.717, 1.165) is 0 Å². The average molecular weight is 475 g/mol. The molecule has 0 fully saturated rings. The topological polar surface area (TPSA) is 120 Å². The molecule has 2 aromatic carbocycles. The number of nitrogens with zero attached hydrogens (tertiary/aromatic N) is 3. The van der Waals surface area contributed by atoms with Gasteiger partial charge in [-0.25, -0.2) is 13.4 Å². The van der Waals surface area contributed by atoms with Gasteiger partial charge in [-0.2, -0.15) is 4.31 Å². The summed E-state index contributed by atoms with van der Waals surface area (Å²) in [6.07, 6.45) is 1.29. The van der Waals surface area contributed by atoms with Crippen molar-refractivity contribution in [3.8, 4) is 11.5 Å². The number of hydrogen-bond acceptors (Lipinski definition) is 7. The van der Waals surface area contributed by atoms with Crippen LogP contribution in [0, 0.1) is 0 Å². The third-order valence-electron chi connectivity index (χ3n) is 5.12. The highest BCUT2D eigenvalue weighted by atomic mass is 32.2. The lowest BCUT2D eigenvalue weighted by Crippen LogP contribution is -2.30. The van der Waals surface area contributed by atoms with Crippen LogP contribution in [0.25, 0.3) is 10.9 Å². The number of aromatic nitrogens is 2. The number of sulfonamides is 1. The summed E-state index contributed by atoms with van der Waals surface area (Å²) in [4.78, 5) is 29.7. The van der Waals surface area contributed by atoms with Gasteiger partial charge < -0.3 is 14.8 Å². The van der Waals surface area contributed by atoms with E-state index in [1.807, 2.05) is 0 Å². The lowest BCUT2D eigenvalue weighted by Gasteiger charge is -2.18. The molecule has 10 nitrogen and oxygen atoms in total. The van der Waals surface area contributed by atoms with E-state index in [4.69, 9.17) is 9.47 Å². The molecule has 0 unspecified atom stereocenters. The summed E-state index contributed by atoms with van der Waals surface area (Å²) in [6, 6.07) is 9.00. The van der Waals surface area contributed by atoms with E-state index in [0.29, 0.717) is 35.8 Å². The zero-order valence-corrected chi connectivity index (χ0v) is 19.7. The zero-order chi connectivity index (χ0) is 24.2. The Bertz CT molecular complexity index is 1320. The van der Waals surface area contributed by atoms with E-state index in [1.54, 1.807) is 19.9 Å². The Morgan fingerprint density at radius 1 is 1.06 bits per heavy atom. The van der Waals surface area contributed by atoms with Crippen molar-refractivity contribution in [3.05, 3.63) is 53.1 Å². The summed E-state index contributed by atoms with van der Waals surface area (Å²) >= 11 is 0. The Morgan fingerprint density at radius 3 is 2.24 bits per heavy atom. The van der Waals surface area contributed by atoms with Gasteiger partial charge in [0.25, 0.3) is 5.56 Å². The Kier molecular flexibility index (Phi) is 7.34. The predicted molar refractivity (Wildman–Crippen MR) is 124 cm³/mol. The summed E-state index contributed by atoms with van der Waals surface area (Å²) in [6.45, 7) is 4.00. The molecule has 0 saturated carbocycles. The molecule has 11 heteroatoms. The van der Waals surface area contributed by atoms with E-state index < -0.39 is 21.5 Å². The fraction of sp³-hybridized carbons (Fsp3) is 0.318. The zero-order valence-electron chi connectivity index (χ0n) is 18.9. The van der Waals surface area contributed by atoms with Crippen LogP contribution in [0.15, 0.2) is 52.4 Å². The second kappa shape index (κ2) is 10.0. The first-order chi connectivity index (χ1) is 15.7. The van der Waals surface area contributed by atoms with Crippen LogP contribution in [-0.2, 0) is 21.4 Å². The number of benzene rings is 2. The second-order valence-electron chi connectivity index (χ2n) is 7.06. The summed E-state index contributed by atoms with van der Waals surface area (Å²) in [5.74, 6) is 0.364. The molecule has 0 aliphatic heterocycles. The minimum Gasteiger partial charge on any atom is -0.493 e. The first-order valence-corrected chi connectivity index (χ1v) is 11.7. The van der Waals surface area contributed by atoms with Crippen LogP contribution in [0.2, 0.25) is 0 Å². The summed E-state index contributed by atoms with van der Waals surface area (Å²) < 4.78 is 38.1. The molecule has 0 aliphatic carbocycles. The van der Waals surface area contributed by atoms with Gasteiger partial charge in [0.05, 0.1) is 36.3 Å². The highest BCUT2D eigenvalue weighted by Gasteiger charge is 2.21. The molecular weight excluding hydrogens is 448 g/mol. The lowest BCUT2D eigenvalue weighted by molar-refractivity contribution is -0.116. The number of hydrogen-bond donors (Lipinski definition) is 1. The molecule has 0 bridgehead atoms. The molecule has 0 atom stereocenters. The number of amides is 1. The van der Waals surface area contributed by atoms with E-state index in [2.05, 4.69) is 10.3 Å². The first-order valence-electron chi connectivity index (χ1n) is 10.3. The van der Waals surface area contributed by atoms with Gasteiger partial charge in [0.15, 0.2) is 11.5 Å². The second-order valence-corrected chi connectivity index (χ2v) is 9.00. The highest BCUT2D eigenvalue weighted by molar-refractivity contribution is 7.89. The predicted octanol–water partition coefficient (Wildman–Crippen LogP) is 2.08. The minimum absolute atomic E-state index is 0.142. The molecule has 33 heavy (non-hydrogen) atoms. The Labute approximate surface area is 191 Å². The van der Waals surface area contributed by atoms with Crippen molar-refractivity contribution in [1.82, 2.24) is 13.9 Å². The van der Waals surface area contributed by atoms with Crippen LogP contribution in [0.4, 0.5) is 5.69 Å². The van der Waals surface area contributed by atoms with Crippen molar-refractivity contribution in [3.63, 3.8) is 0 Å². The molecule has 1 heterocycles. The maximum Gasteiger partial charge on any atom is 0.261 e. The van der Waals surface area contributed by atoms with E-state index in [9.17, 15) is 18.0 Å². The molecule has 176 valence electrons. The van der Waals surface area contributed by atoms with Gasteiger partial charge in [-0.15, -0.1) is 0 Å². The van der Waals surface area contributed by atoms with Crippen LogP contribution in [0.5, 0.6) is 11.5 Å². The molecule has 1 amide bonds. The number of carbonyl (C=O) groups excluding carboxylic acids is 1. The summed E-state index contributed by atoms with van der Waals surface area (Å²) in [5.41, 5.74) is 0.419. The van der Waals surface area contributed by atoms with E-state index >= 15 is 0 Å². The number of ether oxygens (including phenoxy) is 2. The quantitative estimate of drug-likeness (QED) is 0.504. The molecule has 1 aromatic heterocycles. The normalized spacial score (nSPS) is 11.5.